The van der Waals surface area contributed by atoms with Crippen LogP contribution in [0.25, 0.3) is 0 Å². The Hall–Kier alpha value is 0.0700. The van der Waals surface area contributed by atoms with Gasteiger partial charge in [0.25, 0.3) is 0 Å². The van der Waals surface area contributed by atoms with Crippen LogP contribution in [0.1, 0.15) is 124 Å². The molecule has 0 N–H and O–H groups in total. The topological polar surface area (TPSA) is 26.3 Å². The van der Waals surface area contributed by atoms with Crippen molar-refractivity contribution in [1.29, 1.82) is 0 Å². The molecule has 0 saturated heterocycles. The van der Waals surface area contributed by atoms with Crippen molar-refractivity contribution in [2.75, 3.05) is 14.1 Å². The molecular weight excluding hydrogens is 402 g/mol. The molecule has 0 rings (SSSR count). The first-order valence-corrected chi connectivity index (χ1v) is 11.5. The molecule has 1 unspecified atom stereocenters. The molecule has 0 fully saturated rings. The number of hydrogen-bond donors (Lipinski definition) is 0. The predicted octanol–water partition coefficient (Wildman–Crippen LogP) is 4.19. The summed E-state index contributed by atoms with van der Waals surface area (Å²) >= 11 is 0. The Morgan fingerprint density at radius 3 is 1.63 bits per heavy atom. The van der Waals surface area contributed by atoms with Crippen molar-refractivity contribution in [3.63, 3.8) is 0 Å². The molecule has 3 nitrogen and oxygen atoms in total. The van der Waals surface area contributed by atoms with Crippen LogP contribution >= 0.6 is 0 Å². The first-order valence-electron chi connectivity index (χ1n) is 11.5. The maximum Gasteiger partial charge on any atom is 0.345 e. The second-order valence-corrected chi connectivity index (χ2v) is 8.33. The Bertz CT molecular complexity index is 334. The number of carbonyl (C=O) groups is 1. The van der Waals surface area contributed by atoms with Gasteiger partial charge < -0.3 is 17.0 Å². The smallest absolute Gasteiger partial charge is 0.345 e. The van der Waals surface area contributed by atoms with Gasteiger partial charge in [0.1, 0.15) is 20.2 Å². The summed E-state index contributed by atoms with van der Waals surface area (Å²) in [6.07, 6.45) is 19.9. The summed E-state index contributed by atoms with van der Waals surface area (Å²) < 4.78 is 0.0833. The highest BCUT2D eigenvalue weighted by Gasteiger charge is 2.31. The summed E-state index contributed by atoms with van der Waals surface area (Å²) in [7, 11) is 3.80. The van der Waals surface area contributed by atoms with E-state index in [1.807, 2.05) is 14.1 Å². The van der Waals surface area contributed by atoms with E-state index in [0.717, 1.165) is 19.3 Å². The largest absolute Gasteiger partial charge is 1.00 e. The zero-order valence-corrected chi connectivity index (χ0v) is 20.6. The van der Waals surface area contributed by atoms with Crippen molar-refractivity contribution in [1.82, 2.24) is 0 Å². The fourth-order valence-corrected chi connectivity index (χ4v) is 3.46. The van der Waals surface area contributed by atoms with Crippen molar-refractivity contribution in [3.8, 4) is 0 Å². The Morgan fingerprint density at radius 2 is 1.15 bits per heavy atom. The van der Waals surface area contributed by atoms with Gasteiger partial charge in [-0.05, 0) is 19.3 Å². The lowest BCUT2D eigenvalue weighted by Gasteiger charge is -2.29. The summed E-state index contributed by atoms with van der Waals surface area (Å²) in [5.41, 5.74) is 0. The van der Waals surface area contributed by atoms with Gasteiger partial charge in [0.15, 0.2) is 0 Å². The van der Waals surface area contributed by atoms with Crippen molar-refractivity contribution >= 4 is 5.91 Å². The van der Waals surface area contributed by atoms with Crippen LogP contribution in [0.15, 0.2) is 0 Å². The molecule has 0 saturated carbocycles. The number of quaternary nitrogens is 1. The summed E-state index contributed by atoms with van der Waals surface area (Å²) in [5.74, 6) is 0.192. The monoisotopic (exact) mass is 449 g/mol. The number of nitrogens with zero attached hydrogens (tertiary/aromatic N) is 1. The fraction of sp³-hybridized carbons (Fsp3) is 0.957. The van der Waals surface area contributed by atoms with Gasteiger partial charge in [-0.1, -0.05) is 97.8 Å². The molecule has 27 heavy (non-hydrogen) atoms. The maximum atomic E-state index is 12.3. The molecule has 0 radical (unpaired) electrons. The van der Waals surface area contributed by atoms with Crippen LogP contribution in [0.3, 0.4) is 0 Å². The zero-order chi connectivity index (χ0) is 19.7. The van der Waals surface area contributed by atoms with Gasteiger partial charge in [0.05, 0.1) is 6.42 Å². The third kappa shape index (κ3) is 16.7. The molecule has 164 valence electrons. The van der Waals surface area contributed by atoms with E-state index in [1.54, 1.807) is 0 Å². The molecule has 0 aromatic heterocycles. The zero-order valence-electron chi connectivity index (χ0n) is 19.0. The van der Waals surface area contributed by atoms with E-state index in [0.29, 0.717) is 6.42 Å². The van der Waals surface area contributed by atoms with Gasteiger partial charge in [-0.25, -0.2) is 4.79 Å². The van der Waals surface area contributed by atoms with Crippen LogP contribution < -0.4 is 17.0 Å². The van der Waals surface area contributed by atoms with E-state index >= 15 is 0 Å². The van der Waals surface area contributed by atoms with Crippen LogP contribution in [0.4, 0.5) is 0 Å². The molecular formula is C23H48BrNO2. The third-order valence-corrected chi connectivity index (χ3v) is 5.24. The van der Waals surface area contributed by atoms with E-state index in [4.69, 9.17) is 4.84 Å². The molecule has 0 aliphatic rings. The van der Waals surface area contributed by atoms with Crippen molar-refractivity contribution in [3.05, 3.63) is 0 Å². The molecule has 1 amide bonds. The van der Waals surface area contributed by atoms with Gasteiger partial charge in [-0.2, -0.15) is 4.84 Å². The average molecular weight is 451 g/mol. The Morgan fingerprint density at radius 1 is 0.704 bits per heavy atom. The minimum atomic E-state index is 0. The van der Waals surface area contributed by atoms with Gasteiger partial charge in [0, 0.05) is 0 Å². The molecule has 4 heteroatoms. The van der Waals surface area contributed by atoms with Crippen LogP contribution in [0.5, 0.6) is 0 Å². The first kappa shape index (κ1) is 29.3. The van der Waals surface area contributed by atoms with Crippen LogP contribution in [-0.2, 0) is 9.63 Å². The normalized spacial score (nSPS) is 12.6. The molecule has 0 aliphatic heterocycles. The van der Waals surface area contributed by atoms with E-state index in [9.17, 15) is 4.79 Å². The second-order valence-electron chi connectivity index (χ2n) is 8.33. The van der Waals surface area contributed by atoms with E-state index in [-0.39, 0.29) is 33.6 Å². The number of hydrogen-bond acceptors (Lipinski definition) is 2. The number of hydroxylamine groups is 3. The van der Waals surface area contributed by atoms with Gasteiger partial charge in [-0.3, -0.25) is 0 Å². The highest BCUT2D eigenvalue weighted by molar-refractivity contribution is 5.67. The van der Waals surface area contributed by atoms with Gasteiger partial charge in [-0.15, -0.1) is 4.65 Å². The maximum absolute atomic E-state index is 12.3. The molecule has 0 aliphatic carbocycles. The first-order chi connectivity index (χ1) is 12.5. The lowest BCUT2D eigenvalue weighted by molar-refractivity contribution is -1.02. The summed E-state index contributed by atoms with van der Waals surface area (Å²) in [6, 6.07) is 0. The number of amides is 1. The Labute approximate surface area is 180 Å². The molecule has 0 bridgehead atoms. The van der Waals surface area contributed by atoms with Crippen molar-refractivity contribution in [2.45, 2.75) is 130 Å². The van der Waals surface area contributed by atoms with Crippen LogP contribution in [0, 0.1) is 0 Å². The number of carbonyl (C=O) groups excluding carboxylic acids is 1. The molecule has 0 spiro atoms. The molecule has 1 atom stereocenters. The standard InChI is InChI=1S/C23H48NO2.BrH/c1-6-9-11-12-13-14-15-16-17-18-21-22(20-10-7-2)26-24(4,5)23(25)19-8-3;/h22H,6-21H2,1-5H3;1H/q+1;/p-1. The van der Waals surface area contributed by atoms with Crippen LogP contribution in [-0.4, -0.2) is 30.8 Å². The minimum Gasteiger partial charge on any atom is -1.00 e. The fourth-order valence-electron chi connectivity index (χ4n) is 3.46. The Kier molecular flexibility index (Phi) is 21.0. The lowest BCUT2D eigenvalue weighted by atomic mass is 10.0. The van der Waals surface area contributed by atoms with Crippen molar-refractivity contribution < 1.29 is 31.3 Å². The second kappa shape index (κ2) is 19.4. The number of unbranched alkanes of at least 4 members (excludes halogenated alkanes) is 10. The van der Waals surface area contributed by atoms with Crippen LogP contribution in [0.2, 0.25) is 0 Å². The SMILES string of the molecule is CCCCCCCCCCCCC(CCCC)O[N+](C)(C)C(=O)CCC.[Br-]. The van der Waals surface area contributed by atoms with E-state index in [1.165, 1.54) is 77.0 Å². The number of halogens is 1. The minimum absolute atomic E-state index is 0. The molecule has 0 aromatic carbocycles. The summed E-state index contributed by atoms with van der Waals surface area (Å²) in [5, 5.41) is 0. The van der Waals surface area contributed by atoms with Gasteiger partial charge >= 0.3 is 5.91 Å². The van der Waals surface area contributed by atoms with Crippen molar-refractivity contribution in [2.24, 2.45) is 0 Å². The third-order valence-electron chi connectivity index (χ3n) is 5.24. The summed E-state index contributed by atoms with van der Waals surface area (Å²) in [6.45, 7) is 6.55. The van der Waals surface area contributed by atoms with Gasteiger partial charge in [0.2, 0.25) is 0 Å². The summed E-state index contributed by atoms with van der Waals surface area (Å²) in [4.78, 5) is 18.5. The highest BCUT2D eigenvalue weighted by atomic mass is 79.9. The highest BCUT2D eigenvalue weighted by Crippen LogP contribution is 2.19. The quantitative estimate of drug-likeness (QED) is 0.178. The Balaban J connectivity index is 0. The van der Waals surface area contributed by atoms with E-state index < -0.39 is 0 Å². The van der Waals surface area contributed by atoms with E-state index in [2.05, 4.69) is 20.8 Å². The number of rotatable bonds is 18. The average Bonchev–Trinajstić information content (AvgIpc) is 2.61. The predicted molar refractivity (Wildman–Crippen MR) is 113 cm³/mol. The lowest BCUT2D eigenvalue weighted by Crippen LogP contribution is -3.00. The molecule has 0 aromatic rings. The molecule has 0 heterocycles.